The molecule has 5 rings (SSSR count). The van der Waals surface area contributed by atoms with Crippen LogP contribution in [0.5, 0.6) is 0 Å². The average molecular weight is 519 g/mol. The Morgan fingerprint density at radius 2 is 1.64 bits per heavy atom. The molecule has 1 saturated carbocycles. The normalized spacial score (nSPS) is 29.7. The van der Waals surface area contributed by atoms with Crippen LogP contribution in [0.1, 0.15) is 73.4 Å². The van der Waals surface area contributed by atoms with Gasteiger partial charge in [0.05, 0.1) is 10.9 Å². The van der Waals surface area contributed by atoms with Crippen molar-refractivity contribution >= 4 is 10.8 Å². The molecule has 1 aromatic heterocycles. The molecule has 0 amide bonds. The van der Waals surface area contributed by atoms with E-state index in [1.807, 2.05) is 41.8 Å². The SMILES string of the molecule is C[C@H]1CC[C@@H](c2ccccc2)S(O)(O)N1Cc1cc(F)c(C2(O)CCC(n3cnnc3)CC2)cc1F. The van der Waals surface area contributed by atoms with Crippen LogP contribution in [0, 0.1) is 11.6 Å². The highest BCUT2D eigenvalue weighted by Crippen LogP contribution is 2.63. The second-order valence-corrected chi connectivity index (χ2v) is 12.2. The van der Waals surface area contributed by atoms with Crippen LogP contribution < -0.4 is 0 Å². The van der Waals surface area contributed by atoms with Gasteiger partial charge >= 0.3 is 0 Å². The van der Waals surface area contributed by atoms with Gasteiger partial charge in [0, 0.05) is 29.8 Å². The van der Waals surface area contributed by atoms with Crippen LogP contribution in [0.25, 0.3) is 0 Å². The molecule has 2 atom stereocenters. The van der Waals surface area contributed by atoms with Gasteiger partial charge in [0.15, 0.2) is 0 Å². The molecule has 0 bridgehead atoms. The van der Waals surface area contributed by atoms with Gasteiger partial charge in [-0.05, 0) is 63.1 Å². The second-order valence-electron chi connectivity index (χ2n) is 10.1. The first-order valence-electron chi connectivity index (χ1n) is 12.3. The molecule has 1 saturated heterocycles. The molecule has 3 aromatic rings. The van der Waals surface area contributed by atoms with Gasteiger partial charge in [0.2, 0.25) is 0 Å². The molecule has 194 valence electrons. The summed E-state index contributed by atoms with van der Waals surface area (Å²) in [6.45, 7) is 1.74. The molecule has 2 heterocycles. The maximum Gasteiger partial charge on any atom is 0.129 e. The molecular weight excluding hydrogens is 486 g/mol. The minimum absolute atomic E-state index is 0.0403. The number of aliphatic hydroxyl groups is 1. The lowest BCUT2D eigenvalue weighted by molar-refractivity contribution is -0.0155. The van der Waals surface area contributed by atoms with E-state index in [4.69, 9.17) is 0 Å². The Bertz CT molecular complexity index is 1190. The van der Waals surface area contributed by atoms with Crippen LogP contribution in [0.3, 0.4) is 0 Å². The highest BCUT2D eigenvalue weighted by molar-refractivity contribution is 8.22. The van der Waals surface area contributed by atoms with Gasteiger partial charge in [-0.1, -0.05) is 30.3 Å². The van der Waals surface area contributed by atoms with Crippen LogP contribution >= 0.6 is 10.8 Å². The highest BCUT2D eigenvalue weighted by atomic mass is 32.3. The van der Waals surface area contributed by atoms with E-state index < -0.39 is 33.3 Å². The summed E-state index contributed by atoms with van der Waals surface area (Å²) in [5, 5.41) is 18.4. The third-order valence-corrected chi connectivity index (χ3v) is 10.3. The first-order valence-corrected chi connectivity index (χ1v) is 13.9. The van der Waals surface area contributed by atoms with Gasteiger partial charge in [-0.3, -0.25) is 9.11 Å². The van der Waals surface area contributed by atoms with Gasteiger partial charge < -0.3 is 9.67 Å². The average Bonchev–Trinajstić information content (AvgIpc) is 3.39. The predicted octanol–water partition coefficient (Wildman–Crippen LogP) is 5.95. The molecule has 0 unspecified atom stereocenters. The summed E-state index contributed by atoms with van der Waals surface area (Å²) < 4.78 is 56.5. The van der Waals surface area contributed by atoms with Crippen molar-refractivity contribution in [2.75, 3.05) is 0 Å². The fourth-order valence-corrected chi connectivity index (χ4v) is 7.93. The summed E-state index contributed by atoms with van der Waals surface area (Å²) in [7, 11) is -3.28. The number of hydrogen-bond acceptors (Lipinski definition) is 6. The molecule has 2 aliphatic rings. The predicted molar refractivity (Wildman–Crippen MR) is 134 cm³/mol. The number of rotatable bonds is 5. The monoisotopic (exact) mass is 518 g/mol. The van der Waals surface area contributed by atoms with Gasteiger partial charge in [0.25, 0.3) is 0 Å². The smallest absolute Gasteiger partial charge is 0.129 e. The Morgan fingerprint density at radius 1 is 0.972 bits per heavy atom. The van der Waals surface area contributed by atoms with Crippen molar-refractivity contribution in [1.29, 1.82) is 0 Å². The molecule has 1 aliphatic carbocycles. The van der Waals surface area contributed by atoms with E-state index in [1.54, 1.807) is 12.7 Å². The zero-order valence-corrected chi connectivity index (χ0v) is 21.0. The molecule has 36 heavy (non-hydrogen) atoms. The van der Waals surface area contributed by atoms with Crippen molar-refractivity contribution < 1.29 is 23.0 Å². The van der Waals surface area contributed by atoms with Crippen molar-refractivity contribution in [3.63, 3.8) is 0 Å². The van der Waals surface area contributed by atoms with Crippen LogP contribution in [-0.2, 0) is 12.1 Å². The second kappa shape index (κ2) is 9.83. The zero-order valence-electron chi connectivity index (χ0n) is 20.2. The quantitative estimate of drug-likeness (QED) is 0.386. The first kappa shape index (κ1) is 25.3. The van der Waals surface area contributed by atoms with E-state index in [1.165, 1.54) is 4.31 Å². The van der Waals surface area contributed by atoms with Crippen molar-refractivity contribution in [3.05, 3.63) is 83.4 Å². The van der Waals surface area contributed by atoms with Gasteiger partial charge in [-0.25, -0.2) is 8.78 Å². The summed E-state index contributed by atoms with van der Waals surface area (Å²) in [4.78, 5) is 0. The highest BCUT2D eigenvalue weighted by Gasteiger charge is 2.42. The lowest BCUT2D eigenvalue weighted by Crippen LogP contribution is -2.42. The summed E-state index contributed by atoms with van der Waals surface area (Å²) in [6, 6.07) is 11.4. The summed E-state index contributed by atoms with van der Waals surface area (Å²) >= 11 is 0. The number of hydrogen-bond donors (Lipinski definition) is 3. The van der Waals surface area contributed by atoms with Crippen LogP contribution in [0.4, 0.5) is 8.78 Å². The number of benzene rings is 2. The number of aromatic nitrogens is 3. The van der Waals surface area contributed by atoms with Gasteiger partial charge in [-0.2, -0.15) is 4.31 Å². The Kier molecular flexibility index (Phi) is 6.90. The summed E-state index contributed by atoms with van der Waals surface area (Å²) in [6.07, 6.45) is 6.29. The molecule has 3 N–H and O–H groups in total. The standard InChI is InChI=1S/C26H32F2N4O3S/c1-18-7-8-25(19-5-3-2-4-6-19)36(34,35)32(18)15-20-13-24(28)22(14-23(20)27)26(33)11-9-21(10-12-26)31-16-29-30-17-31/h2-6,13-14,16-18,21,25,33-35H,7-12,15H2,1H3/t18-,21?,25-,26?/m0/s1. The molecular formula is C26H32F2N4O3S. The van der Waals surface area contributed by atoms with Crippen molar-refractivity contribution in [1.82, 2.24) is 19.1 Å². The molecule has 0 radical (unpaired) electrons. The molecule has 2 fully saturated rings. The van der Waals surface area contributed by atoms with Crippen molar-refractivity contribution in [3.8, 4) is 0 Å². The summed E-state index contributed by atoms with van der Waals surface area (Å²) in [5.74, 6) is -1.35. The number of nitrogens with zero attached hydrogens (tertiary/aromatic N) is 4. The van der Waals surface area contributed by atoms with Crippen molar-refractivity contribution in [2.24, 2.45) is 0 Å². The lowest BCUT2D eigenvalue weighted by Gasteiger charge is -2.54. The lowest BCUT2D eigenvalue weighted by atomic mass is 9.77. The first-order chi connectivity index (χ1) is 17.2. The van der Waals surface area contributed by atoms with E-state index in [-0.39, 0.29) is 42.6 Å². The Labute approximate surface area is 211 Å². The van der Waals surface area contributed by atoms with Crippen LogP contribution in [0.2, 0.25) is 0 Å². The summed E-state index contributed by atoms with van der Waals surface area (Å²) in [5.41, 5.74) is -0.654. The topological polar surface area (TPSA) is 94.6 Å². The molecule has 2 aromatic carbocycles. The van der Waals surface area contributed by atoms with E-state index in [9.17, 15) is 14.2 Å². The third kappa shape index (κ3) is 4.68. The zero-order chi connectivity index (χ0) is 25.5. The maximum absolute atomic E-state index is 15.3. The fraction of sp³-hybridized carbons (Fsp3) is 0.462. The Morgan fingerprint density at radius 3 is 2.31 bits per heavy atom. The van der Waals surface area contributed by atoms with Crippen LogP contribution in [-0.4, -0.2) is 39.3 Å². The largest absolute Gasteiger partial charge is 0.385 e. The van der Waals surface area contributed by atoms with Gasteiger partial charge in [0.1, 0.15) is 24.3 Å². The fourth-order valence-electron chi connectivity index (χ4n) is 5.67. The molecule has 7 nitrogen and oxygen atoms in total. The number of halogens is 2. The molecule has 1 aliphatic heterocycles. The van der Waals surface area contributed by atoms with Crippen LogP contribution in [0.15, 0.2) is 55.1 Å². The van der Waals surface area contributed by atoms with E-state index >= 15 is 8.78 Å². The van der Waals surface area contributed by atoms with E-state index in [0.717, 1.165) is 17.7 Å². The minimum atomic E-state index is -3.28. The minimum Gasteiger partial charge on any atom is -0.385 e. The third-order valence-electron chi connectivity index (χ3n) is 7.84. The van der Waals surface area contributed by atoms with Gasteiger partial charge in [-0.15, -0.1) is 21.0 Å². The Balaban J connectivity index is 1.36. The molecule has 10 heteroatoms. The molecule has 0 spiro atoms. The van der Waals surface area contributed by atoms with E-state index in [2.05, 4.69) is 10.2 Å². The van der Waals surface area contributed by atoms with Crippen molar-refractivity contribution in [2.45, 2.75) is 74.9 Å². The van der Waals surface area contributed by atoms with E-state index in [0.29, 0.717) is 25.7 Å². The maximum atomic E-state index is 15.3. The Hall–Kier alpha value is -2.37.